The van der Waals surface area contributed by atoms with Gasteiger partial charge in [0.2, 0.25) is 5.91 Å². The second-order valence-electron chi connectivity index (χ2n) is 5.07. The van der Waals surface area contributed by atoms with Crippen molar-refractivity contribution in [2.75, 3.05) is 0 Å². The summed E-state index contributed by atoms with van der Waals surface area (Å²) in [5.41, 5.74) is -0.518. The predicted molar refractivity (Wildman–Crippen MR) is 71.4 cm³/mol. The van der Waals surface area contributed by atoms with Crippen molar-refractivity contribution in [2.24, 2.45) is 5.41 Å². The molecule has 1 N–H and O–H groups in total. The fraction of sp³-hybridized carbons (Fsp3) is 0.467. The number of hydrogen-bond acceptors (Lipinski definition) is 3. The number of para-hydroxylation sites is 1. The lowest BCUT2D eigenvalue weighted by atomic mass is 9.87. The van der Waals surface area contributed by atoms with E-state index in [0.29, 0.717) is 18.4 Å². The minimum Gasteiger partial charge on any atom is -0.434 e. The lowest BCUT2D eigenvalue weighted by Gasteiger charge is -2.19. The van der Waals surface area contributed by atoms with Gasteiger partial charge in [-0.2, -0.15) is 14.0 Å². The highest BCUT2D eigenvalue weighted by Gasteiger charge is 2.41. The molecule has 1 aliphatic rings. The first-order valence-electron chi connectivity index (χ1n) is 6.80. The van der Waals surface area contributed by atoms with E-state index in [9.17, 15) is 18.8 Å². The van der Waals surface area contributed by atoms with Crippen molar-refractivity contribution in [2.45, 2.75) is 38.8 Å². The summed E-state index contributed by atoms with van der Waals surface area (Å²) in [6.45, 7) is -2.85. The smallest absolute Gasteiger partial charge is 0.387 e. The number of carbonyl (C=O) groups excluding carboxylic acids is 1. The quantitative estimate of drug-likeness (QED) is 0.908. The number of benzene rings is 1. The number of halogens is 2. The average molecular weight is 294 g/mol. The summed E-state index contributed by atoms with van der Waals surface area (Å²) in [6, 6.07) is 8.38. The van der Waals surface area contributed by atoms with Gasteiger partial charge in [0.15, 0.2) is 0 Å². The van der Waals surface area contributed by atoms with Crippen LogP contribution in [0.15, 0.2) is 24.3 Å². The zero-order chi connectivity index (χ0) is 15.3. The molecule has 0 saturated heterocycles. The minimum absolute atomic E-state index is 0.0326. The highest BCUT2D eigenvalue weighted by molar-refractivity contribution is 5.85. The van der Waals surface area contributed by atoms with Crippen LogP contribution in [-0.2, 0) is 11.3 Å². The van der Waals surface area contributed by atoms with Crippen LogP contribution in [-0.4, -0.2) is 12.5 Å². The molecule has 4 nitrogen and oxygen atoms in total. The van der Waals surface area contributed by atoms with E-state index in [0.717, 1.165) is 12.8 Å². The number of ether oxygens (including phenoxy) is 1. The van der Waals surface area contributed by atoms with Crippen LogP contribution in [0.4, 0.5) is 8.78 Å². The topological polar surface area (TPSA) is 62.1 Å². The summed E-state index contributed by atoms with van der Waals surface area (Å²) in [6.07, 6.45) is 2.80. The molecule has 0 heterocycles. The second kappa shape index (κ2) is 6.53. The van der Waals surface area contributed by atoms with Crippen LogP contribution in [0.3, 0.4) is 0 Å². The molecule has 1 fully saturated rings. The third-order valence-corrected chi connectivity index (χ3v) is 3.73. The van der Waals surface area contributed by atoms with Gasteiger partial charge in [-0.05, 0) is 18.9 Å². The van der Waals surface area contributed by atoms with Crippen molar-refractivity contribution in [1.82, 2.24) is 5.32 Å². The molecule has 1 aromatic carbocycles. The van der Waals surface area contributed by atoms with Crippen molar-refractivity contribution < 1.29 is 18.3 Å². The van der Waals surface area contributed by atoms with Gasteiger partial charge in [-0.15, -0.1) is 0 Å². The van der Waals surface area contributed by atoms with E-state index in [-0.39, 0.29) is 18.2 Å². The zero-order valence-corrected chi connectivity index (χ0v) is 11.4. The largest absolute Gasteiger partial charge is 0.434 e. The molecule has 1 aliphatic carbocycles. The first-order valence-corrected chi connectivity index (χ1v) is 6.80. The van der Waals surface area contributed by atoms with Crippen molar-refractivity contribution >= 4 is 5.91 Å². The molecule has 2 rings (SSSR count). The van der Waals surface area contributed by atoms with Crippen molar-refractivity contribution in [3.63, 3.8) is 0 Å². The van der Waals surface area contributed by atoms with E-state index in [4.69, 9.17) is 0 Å². The fourth-order valence-electron chi connectivity index (χ4n) is 2.57. The third-order valence-electron chi connectivity index (χ3n) is 3.73. The third kappa shape index (κ3) is 3.48. The highest BCUT2D eigenvalue weighted by atomic mass is 19.3. The van der Waals surface area contributed by atoms with Gasteiger partial charge >= 0.3 is 6.61 Å². The molecule has 0 aromatic heterocycles. The summed E-state index contributed by atoms with van der Waals surface area (Å²) in [5.74, 6) is -0.306. The molecule has 0 aliphatic heterocycles. The van der Waals surface area contributed by atoms with Crippen molar-refractivity contribution in [1.29, 1.82) is 5.26 Å². The highest BCUT2D eigenvalue weighted by Crippen LogP contribution is 2.37. The SMILES string of the molecule is N#CC1(C(=O)NCc2ccccc2OC(F)F)CCCC1. The molecule has 0 radical (unpaired) electrons. The molecule has 0 spiro atoms. The molecule has 0 bridgehead atoms. The van der Waals surface area contributed by atoms with Gasteiger partial charge < -0.3 is 10.1 Å². The van der Waals surface area contributed by atoms with E-state index in [1.165, 1.54) is 6.07 Å². The van der Waals surface area contributed by atoms with E-state index in [1.54, 1.807) is 18.2 Å². The van der Waals surface area contributed by atoms with Gasteiger partial charge in [-0.3, -0.25) is 4.79 Å². The molecule has 1 saturated carbocycles. The number of nitriles is 1. The summed E-state index contributed by atoms with van der Waals surface area (Å²) >= 11 is 0. The van der Waals surface area contributed by atoms with Crippen molar-refractivity contribution in [3.05, 3.63) is 29.8 Å². The maximum Gasteiger partial charge on any atom is 0.387 e. The van der Waals surface area contributed by atoms with Crippen molar-refractivity contribution in [3.8, 4) is 11.8 Å². The Bertz CT molecular complexity index is 549. The van der Waals surface area contributed by atoms with Gasteiger partial charge in [0, 0.05) is 12.1 Å². The van der Waals surface area contributed by atoms with Gasteiger partial charge in [0.1, 0.15) is 11.2 Å². The maximum atomic E-state index is 12.3. The molecular formula is C15H16F2N2O2. The molecule has 0 unspecified atom stereocenters. The lowest BCUT2D eigenvalue weighted by molar-refractivity contribution is -0.128. The molecule has 21 heavy (non-hydrogen) atoms. The van der Waals surface area contributed by atoms with E-state index < -0.39 is 12.0 Å². The van der Waals surface area contributed by atoms with Gasteiger partial charge in [-0.1, -0.05) is 31.0 Å². The molecule has 0 atom stereocenters. The summed E-state index contributed by atoms with van der Waals surface area (Å²) < 4.78 is 29.0. The van der Waals surface area contributed by atoms with Crippen LogP contribution in [0.2, 0.25) is 0 Å². The molecule has 1 amide bonds. The van der Waals surface area contributed by atoms with Crippen LogP contribution in [0.5, 0.6) is 5.75 Å². The zero-order valence-electron chi connectivity index (χ0n) is 11.4. The summed E-state index contributed by atoms with van der Waals surface area (Å²) in [4.78, 5) is 12.2. The fourth-order valence-corrected chi connectivity index (χ4v) is 2.57. The molecule has 1 aromatic rings. The van der Waals surface area contributed by atoms with E-state index in [1.807, 2.05) is 0 Å². The number of nitrogens with zero attached hydrogens (tertiary/aromatic N) is 1. The Morgan fingerprint density at radius 1 is 1.38 bits per heavy atom. The predicted octanol–water partition coefficient (Wildman–Crippen LogP) is 2.99. The number of hydrogen-bond donors (Lipinski definition) is 1. The first-order chi connectivity index (χ1) is 10.1. The van der Waals surface area contributed by atoms with E-state index in [2.05, 4.69) is 16.1 Å². The Hall–Kier alpha value is -2.16. The Morgan fingerprint density at radius 2 is 2.05 bits per heavy atom. The molecule has 112 valence electrons. The van der Waals surface area contributed by atoms with Crippen LogP contribution in [0.25, 0.3) is 0 Å². The Kier molecular flexibility index (Phi) is 4.73. The number of carbonyl (C=O) groups is 1. The number of alkyl halides is 2. The first kappa shape index (κ1) is 15.2. The Balaban J connectivity index is 2.03. The molecular weight excluding hydrogens is 278 g/mol. The monoisotopic (exact) mass is 294 g/mol. The molecule has 6 heteroatoms. The average Bonchev–Trinajstić information content (AvgIpc) is 2.95. The normalized spacial score (nSPS) is 16.5. The van der Waals surface area contributed by atoms with Crippen LogP contribution < -0.4 is 10.1 Å². The number of amides is 1. The van der Waals surface area contributed by atoms with Crippen LogP contribution >= 0.6 is 0 Å². The van der Waals surface area contributed by atoms with Crippen LogP contribution in [0, 0.1) is 16.7 Å². The number of nitrogens with one attached hydrogen (secondary N) is 1. The second-order valence-corrected chi connectivity index (χ2v) is 5.07. The maximum absolute atomic E-state index is 12.3. The Labute approximate surface area is 121 Å². The summed E-state index contributed by atoms with van der Waals surface area (Å²) in [5, 5.41) is 11.9. The van der Waals surface area contributed by atoms with Gasteiger partial charge in [-0.25, -0.2) is 0 Å². The Morgan fingerprint density at radius 3 is 2.67 bits per heavy atom. The standard InChI is InChI=1S/C15H16F2N2O2/c16-14(17)21-12-6-2-1-5-11(12)9-19-13(20)15(10-18)7-3-4-8-15/h1-2,5-6,14H,3-4,7-9H2,(H,19,20). The minimum atomic E-state index is -2.91. The summed E-state index contributed by atoms with van der Waals surface area (Å²) in [7, 11) is 0. The number of rotatable bonds is 5. The lowest BCUT2D eigenvalue weighted by Crippen LogP contribution is -2.37. The van der Waals surface area contributed by atoms with Gasteiger partial charge in [0.05, 0.1) is 6.07 Å². The van der Waals surface area contributed by atoms with E-state index >= 15 is 0 Å². The van der Waals surface area contributed by atoms with Gasteiger partial charge in [0.25, 0.3) is 0 Å². The van der Waals surface area contributed by atoms with Crippen LogP contribution in [0.1, 0.15) is 31.2 Å².